The fourth-order valence-corrected chi connectivity index (χ4v) is 4.62. The number of esters is 1. The van der Waals surface area contributed by atoms with Gasteiger partial charge in [0, 0.05) is 6.42 Å². The zero-order valence-electron chi connectivity index (χ0n) is 15.7. The molecule has 142 valence electrons. The molecule has 0 radical (unpaired) electrons. The standard InChI is InChI=1S/C22H32N2O2/c23-24-16-18-12-10-17(11-13-18)6-4-5-9-21-14-20(15-22(25)26-21)19-7-2-1-3-8-19/h10-13,16,19-21H,1-9,14-15,23H2/t20-,21+/m0/s1. The van der Waals surface area contributed by atoms with Gasteiger partial charge in [-0.25, -0.2) is 0 Å². The Kier molecular flexibility index (Phi) is 7.10. The zero-order chi connectivity index (χ0) is 18.2. The van der Waals surface area contributed by atoms with E-state index in [1.54, 1.807) is 6.21 Å². The van der Waals surface area contributed by atoms with E-state index >= 15 is 0 Å². The molecular formula is C22H32N2O2. The Bertz CT molecular complexity index is 591. The number of ether oxygens (including phenoxy) is 1. The number of rotatable bonds is 7. The molecule has 0 spiro atoms. The van der Waals surface area contributed by atoms with Crippen LogP contribution in [-0.4, -0.2) is 18.3 Å². The largest absolute Gasteiger partial charge is 0.462 e. The van der Waals surface area contributed by atoms with Crippen molar-refractivity contribution in [3.63, 3.8) is 0 Å². The molecule has 1 aliphatic carbocycles. The number of carbonyl (C=O) groups is 1. The number of benzene rings is 1. The van der Waals surface area contributed by atoms with Crippen LogP contribution in [-0.2, 0) is 16.0 Å². The first kappa shape index (κ1) is 18.9. The van der Waals surface area contributed by atoms with Crippen LogP contribution < -0.4 is 5.84 Å². The van der Waals surface area contributed by atoms with E-state index < -0.39 is 0 Å². The average molecular weight is 357 g/mol. The van der Waals surface area contributed by atoms with E-state index in [4.69, 9.17) is 10.6 Å². The van der Waals surface area contributed by atoms with Crippen molar-refractivity contribution in [3.05, 3.63) is 35.4 Å². The predicted molar refractivity (Wildman–Crippen MR) is 105 cm³/mol. The highest BCUT2D eigenvalue weighted by Crippen LogP contribution is 2.37. The van der Waals surface area contributed by atoms with Crippen molar-refractivity contribution in [2.24, 2.45) is 22.8 Å². The number of nitrogens with two attached hydrogens (primary N) is 1. The van der Waals surface area contributed by atoms with E-state index in [0.29, 0.717) is 12.3 Å². The molecule has 1 aromatic rings. The summed E-state index contributed by atoms with van der Waals surface area (Å²) in [7, 11) is 0. The fraction of sp³-hybridized carbons (Fsp3) is 0.636. The number of hydrazone groups is 1. The molecule has 1 aliphatic heterocycles. The number of nitrogens with zero attached hydrogens (tertiary/aromatic N) is 1. The topological polar surface area (TPSA) is 64.7 Å². The van der Waals surface area contributed by atoms with Crippen molar-refractivity contribution in [1.82, 2.24) is 0 Å². The molecular weight excluding hydrogens is 324 g/mol. The molecule has 0 bridgehead atoms. The van der Waals surface area contributed by atoms with Crippen LogP contribution in [0.15, 0.2) is 29.4 Å². The van der Waals surface area contributed by atoms with Gasteiger partial charge in [0.15, 0.2) is 0 Å². The lowest BCUT2D eigenvalue weighted by Crippen LogP contribution is -2.34. The molecule has 2 N–H and O–H groups in total. The van der Waals surface area contributed by atoms with Crippen molar-refractivity contribution in [2.45, 2.75) is 76.7 Å². The highest BCUT2D eigenvalue weighted by Gasteiger charge is 2.33. The first-order valence-electron chi connectivity index (χ1n) is 10.3. The molecule has 0 aromatic heterocycles. The van der Waals surface area contributed by atoms with Gasteiger partial charge in [-0.15, -0.1) is 0 Å². The first-order chi connectivity index (χ1) is 12.7. The van der Waals surface area contributed by atoms with Gasteiger partial charge in [-0.05, 0) is 55.1 Å². The summed E-state index contributed by atoms with van der Waals surface area (Å²) in [6.07, 6.45) is 14.5. The quantitative estimate of drug-likeness (QED) is 0.255. The lowest BCUT2D eigenvalue weighted by atomic mass is 9.75. The third-order valence-corrected chi connectivity index (χ3v) is 6.05. The molecule has 26 heavy (non-hydrogen) atoms. The van der Waals surface area contributed by atoms with Crippen LogP contribution in [0.4, 0.5) is 0 Å². The van der Waals surface area contributed by atoms with Crippen molar-refractivity contribution in [3.8, 4) is 0 Å². The second kappa shape index (κ2) is 9.75. The van der Waals surface area contributed by atoms with Crippen LogP contribution >= 0.6 is 0 Å². The van der Waals surface area contributed by atoms with Gasteiger partial charge in [0.05, 0.1) is 6.21 Å². The Hall–Kier alpha value is -1.84. The maximum atomic E-state index is 12.0. The molecule has 1 aromatic carbocycles. The zero-order valence-corrected chi connectivity index (χ0v) is 15.7. The summed E-state index contributed by atoms with van der Waals surface area (Å²) in [6.45, 7) is 0. The van der Waals surface area contributed by atoms with Crippen LogP contribution in [0, 0.1) is 11.8 Å². The monoisotopic (exact) mass is 356 g/mol. The second-order valence-electron chi connectivity index (χ2n) is 7.98. The van der Waals surface area contributed by atoms with Crippen molar-refractivity contribution in [2.75, 3.05) is 0 Å². The summed E-state index contributed by atoms with van der Waals surface area (Å²) in [6, 6.07) is 8.36. The minimum atomic E-state index is 0.0361. The minimum absolute atomic E-state index is 0.0361. The van der Waals surface area contributed by atoms with Gasteiger partial charge in [0.1, 0.15) is 6.10 Å². The SMILES string of the molecule is NN=Cc1ccc(CCCC[C@@H]2C[C@H](C3CCCCC3)CC(=O)O2)cc1. The number of hydrogen-bond acceptors (Lipinski definition) is 4. The van der Waals surface area contributed by atoms with Crippen molar-refractivity contribution in [1.29, 1.82) is 0 Å². The van der Waals surface area contributed by atoms with Gasteiger partial charge < -0.3 is 10.6 Å². The number of hydrogen-bond donors (Lipinski definition) is 1. The van der Waals surface area contributed by atoms with Gasteiger partial charge in [0.25, 0.3) is 0 Å². The lowest BCUT2D eigenvalue weighted by molar-refractivity contribution is -0.159. The number of carbonyl (C=O) groups excluding carboxylic acids is 1. The number of unbranched alkanes of at least 4 members (excludes halogenated alkanes) is 1. The molecule has 1 saturated heterocycles. The summed E-state index contributed by atoms with van der Waals surface area (Å²) in [5.74, 6) is 6.53. The lowest BCUT2D eigenvalue weighted by Gasteiger charge is -2.35. The molecule has 0 amide bonds. The molecule has 0 unspecified atom stereocenters. The molecule has 2 fully saturated rings. The maximum Gasteiger partial charge on any atom is 0.306 e. The Morgan fingerprint density at radius 2 is 1.85 bits per heavy atom. The van der Waals surface area contributed by atoms with Gasteiger partial charge >= 0.3 is 5.97 Å². The van der Waals surface area contributed by atoms with E-state index in [0.717, 1.165) is 43.6 Å². The smallest absolute Gasteiger partial charge is 0.306 e. The maximum absolute atomic E-state index is 12.0. The van der Waals surface area contributed by atoms with Gasteiger partial charge in [-0.3, -0.25) is 4.79 Å². The summed E-state index contributed by atoms with van der Waals surface area (Å²) in [5, 5.41) is 3.54. The van der Waals surface area contributed by atoms with Crippen molar-refractivity contribution >= 4 is 12.2 Å². The van der Waals surface area contributed by atoms with Crippen LogP contribution in [0.3, 0.4) is 0 Å². The van der Waals surface area contributed by atoms with E-state index in [1.807, 2.05) is 12.1 Å². The average Bonchev–Trinajstić information content (AvgIpc) is 2.67. The van der Waals surface area contributed by atoms with Crippen LogP contribution in [0.1, 0.15) is 75.3 Å². The Labute approximate surface area is 157 Å². The summed E-state index contributed by atoms with van der Waals surface area (Å²) < 4.78 is 5.64. The molecule has 3 rings (SSSR count). The van der Waals surface area contributed by atoms with Gasteiger partial charge in [-0.1, -0.05) is 56.4 Å². The van der Waals surface area contributed by atoms with E-state index in [9.17, 15) is 4.79 Å². The van der Waals surface area contributed by atoms with Crippen molar-refractivity contribution < 1.29 is 9.53 Å². The van der Waals surface area contributed by atoms with Crippen LogP contribution in [0.5, 0.6) is 0 Å². The van der Waals surface area contributed by atoms with E-state index in [2.05, 4.69) is 17.2 Å². The minimum Gasteiger partial charge on any atom is -0.462 e. The molecule has 4 nitrogen and oxygen atoms in total. The number of aryl methyl sites for hydroxylation is 1. The van der Waals surface area contributed by atoms with E-state index in [-0.39, 0.29) is 12.1 Å². The summed E-state index contributed by atoms with van der Waals surface area (Å²) in [5.41, 5.74) is 2.36. The van der Waals surface area contributed by atoms with Gasteiger partial charge in [0.2, 0.25) is 0 Å². The Morgan fingerprint density at radius 1 is 1.08 bits per heavy atom. The molecule has 2 aliphatic rings. The molecule has 2 atom stereocenters. The Balaban J connectivity index is 1.40. The Morgan fingerprint density at radius 3 is 2.58 bits per heavy atom. The highest BCUT2D eigenvalue weighted by molar-refractivity contribution is 5.79. The molecule has 4 heteroatoms. The second-order valence-corrected chi connectivity index (χ2v) is 7.98. The van der Waals surface area contributed by atoms with Gasteiger partial charge in [-0.2, -0.15) is 5.10 Å². The first-order valence-corrected chi connectivity index (χ1v) is 10.3. The van der Waals surface area contributed by atoms with Crippen LogP contribution in [0.2, 0.25) is 0 Å². The summed E-state index contributed by atoms with van der Waals surface area (Å²) in [4.78, 5) is 12.0. The third-order valence-electron chi connectivity index (χ3n) is 6.05. The predicted octanol–water partition coefficient (Wildman–Crippen LogP) is 4.59. The number of cyclic esters (lactones) is 1. The highest BCUT2D eigenvalue weighted by atomic mass is 16.5. The third kappa shape index (κ3) is 5.58. The fourth-order valence-electron chi connectivity index (χ4n) is 4.62. The normalized spacial score (nSPS) is 24.7. The van der Waals surface area contributed by atoms with Crippen LogP contribution in [0.25, 0.3) is 0 Å². The molecule has 1 heterocycles. The van der Waals surface area contributed by atoms with E-state index in [1.165, 1.54) is 37.7 Å². The molecule has 1 saturated carbocycles. The summed E-state index contributed by atoms with van der Waals surface area (Å²) >= 11 is 0.